The van der Waals surface area contributed by atoms with Crippen molar-refractivity contribution in [2.75, 3.05) is 0 Å². The van der Waals surface area contributed by atoms with Gasteiger partial charge in [-0.2, -0.15) is 5.26 Å². The number of nitrogens with zero attached hydrogens (tertiary/aromatic N) is 1. The summed E-state index contributed by atoms with van der Waals surface area (Å²) in [6.45, 7) is 3.61. The molecule has 0 radical (unpaired) electrons. The van der Waals surface area contributed by atoms with Crippen LogP contribution in [0.2, 0.25) is 0 Å². The molecule has 0 saturated heterocycles. The molecule has 1 aromatic rings. The number of nitriles is 1. The molecule has 1 rings (SSSR count). The van der Waals surface area contributed by atoms with E-state index < -0.39 is 16.5 Å². The molecular weight excluding hydrogens is 198 g/mol. The van der Waals surface area contributed by atoms with Crippen molar-refractivity contribution >= 4 is 11.1 Å². The molecule has 14 heavy (non-hydrogen) atoms. The van der Waals surface area contributed by atoms with Crippen LogP contribution in [0.3, 0.4) is 0 Å². The topological polar surface area (TPSA) is 61.1 Å². The summed E-state index contributed by atoms with van der Waals surface area (Å²) in [6.07, 6.45) is 0. The maximum Gasteiger partial charge on any atom is 0.186 e. The molecular formula is C10H11NO2S. The summed E-state index contributed by atoms with van der Waals surface area (Å²) in [7, 11) is 0. The standard InChI is InChI=1S/C10H11NO2S/c1-10(2,7-11)8-3-5-9(6-4-8)14(12)13/h3-6H,1-2H3,(H,12,13). The van der Waals surface area contributed by atoms with Gasteiger partial charge in [-0.15, -0.1) is 0 Å². The van der Waals surface area contributed by atoms with Crippen LogP contribution in [0.15, 0.2) is 29.2 Å². The molecule has 3 nitrogen and oxygen atoms in total. The zero-order chi connectivity index (χ0) is 10.8. The van der Waals surface area contributed by atoms with E-state index in [4.69, 9.17) is 9.81 Å². The predicted molar refractivity (Wildman–Crippen MR) is 54.1 cm³/mol. The molecule has 1 unspecified atom stereocenters. The lowest BCUT2D eigenvalue weighted by atomic mass is 9.87. The third-order valence-electron chi connectivity index (χ3n) is 2.06. The minimum absolute atomic E-state index is 0.350. The first-order valence-electron chi connectivity index (χ1n) is 4.10. The highest BCUT2D eigenvalue weighted by Gasteiger charge is 2.19. The third-order valence-corrected chi connectivity index (χ3v) is 2.73. The minimum atomic E-state index is -1.95. The van der Waals surface area contributed by atoms with E-state index in [1.807, 2.05) is 0 Å². The summed E-state index contributed by atoms with van der Waals surface area (Å²) in [6, 6.07) is 8.69. The van der Waals surface area contributed by atoms with Crippen LogP contribution in [-0.2, 0) is 16.5 Å². The van der Waals surface area contributed by atoms with Gasteiger partial charge < -0.3 is 4.55 Å². The summed E-state index contributed by atoms with van der Waals surface area (Å²) in [5, 5.41) is 8.87. The number of benzene rings is 1. The van der Waals surface area contributed by atoms with Crippen LogP contribution in [0.25, 0.3) is 0 Å². The van der Waals surface area contributed by atoms with Crippen molar-refractivity contribution in [3.63, 3.8) is 0 Å². The molecule has 0 amide bonds. The van der Waals surface area contributed by atoms with Gasteiger partial charge in [0.2, 0.25) is 0 Å². The van der Waals surface area contributed by atoms with Crippen molar-refractivity contribution < 1.29 is 8.76 Å². The lowest BCUT2D eigenvalue weighted by Gasteiger charge is -2.15. The average Bonchev–Trinajstić information content (AvgIpc) is 2.18. The Kier molecular flexibility index (Phi) is 3.04. The molecule has 74 valence electrons. The Balaban J connectivity index is 3.07. The molecule has 1 aromatic carbocycles. The first kappa shape index (κ1) is 10.9. The summed E-state index contributed by atoms with van der Waals surface area (Å²) in [5.74, 6) is 0. The highest BCUT2D eigenvalue weighted by atomic mass is 32.2. The van der Waals surface area contributed by atoms with E-state index in [2.05, 4.69) is 6.07 Å². The van der Waals surface area contributed by atoms with Gasteiger partial charge >= 0.3 is 0 Å². The van der Waals surface area contributed by atoms with Crippen molar-refractivity contribution in [1.29, 1.82) is 5.26 Å². The summed E-state index contributed by atoms with van der Waals surface area (Å²) >= 11 is -1.95. The normalized spacial score (nSPS) is 13.3. The van der Waals surface area contributed by atoms with Crippen molar-refractivity contribution in [2.24, 2.45) is 0 Å². The zero-order valence-electron chi connectivity index (χ0n) is 8.02. The van der Waals surface area contributed by atoms with Crippen molar-refractivity contribution in [3.05, 3.63) is 29.8 Å². The van der Waals surface area contributed by atoms with Gasteiger partial charge in [-0.3, -0.25) is 0 Å². The van der Waals surface area contributed by atoms with Crippen LogP contribution >= 0.6 is 0 Å². The Morgan fingerprint density at radius 3 is 2.21 bits per heavy atom. The molecule has 0 heterocycles. The molecule has 0 spiro atoms. The van der Waals surface area contributed by atoms with E-state index in [9.17, 15) is 4.21 Å². The Morgan fingerprint density at radius 1 is 1.36 bits per heavy atom. The molecule has 0 aliphatic rings. The summed E-state index contributed by atoms with van der Waals surface area (Å²) in [5.41, 5.74) is 0.282. The van der Waals surface area contributed by atoms with Crippen LogP contribution in [0.4, 0.5) is 0 Å². The molecule has 0 aromatic heterocycles. The molecule has 0 aliphatic carbocycles. The van der Waals surface area contributed by atoms with Crippen LogP contribution in [0.5, 0.6) is 0 Å². The fourth-order valence-electron chi connectivity index (χ4n) is 1.05. The zero-order valence-corrected chi connectivity index (χ0v) is 8.84. The van der Waals surface area contributed by atoms with Crippen molar-refractivity contribution in [3.8, 4) is 6.07 Å². The highest BCUT2D eigenvalue weighted by molar-refractivity contribution is 7.79. The number of hydrogen-bond acceptors (Lipinski definition) is 2. The molecule has 0 fully saturated rings. The van der Waals surface area contributed by atoms with Crippen LogP contribution in [0, 0.1) is 11.3 Å². The second-order valence-corrected chi connectivity index (χ2v) is 4.48. The lowest BCUT2D eigenvalue weighted by Crippen LogP contribution is -2.13. The second kappa shape index (κ2) is 3.91. The molecule has 4 heteroatoms. The van der Waals surface area contributed by atoms with E-state index >= 15 is 0 Å². The fraction of sp³-hybridized carbons (Fsp3) is 0.300. The van der Waals surface area contributed by atoms with Gasteiger partial charge in [0.25, 0.3) is 0 Å². The van der Waals surface area contributed by atoms with Crippen molar-refractivity contribution in [1.82, 2.24) is 0 Å². The van der Waals surface area contributed by atoms with Gasteiger partial charge in [0.15, 0.2) is 11.1 Å². The van der Waals surface area contributed by atoms with Crippen LogP contribution in [-0.4, -0.2) is 8.76 Å². The van der Waals surface area contributed by atoms with E-state index in [1.165, 1.54) is 0 Å². The predicted octanol–water partition coefficient (Wildman–Crippen LogP) is 2.07. The first-order chi connectivity index (χ1) is 6.47. The largest absolute Gasteiger partial charge is 0.302 e. The molecule has 1 atom stereocenters. The fourth-order valence-corrected chi connectivity index (χ4v) is 1.42. The smallest absolute Gasteiger partial charge is 0.186 e. The number of hydrogen-bond donors (Lipinski definition) is 1. The molecule has 1 N–H and O–H groups in total. The van der Waals surface area contributed by atoms with Gasteiger partial charge in [-0.1, -0.05) is 12.1 Å². The van der Waals surface area contributed by atoms with Gasteiger partial charge in [-0.05, 0) is 31.5 Å². The first-order valence-corrected chi connectivity index (χ1v) is 5.21. The monoisotopic (exact) mass is 209 g/mol. The quantitative estimate of drug-likeness (QED) is 0.758. The van der Waals surface area contributed by atoms with E-state index in [1.54, 1.807) is 38.1 Å². The average molecular weight is 209 g/mol. The van der Waals surface area contributed by atoms with E-state index in [0.717, 1.165) is 5.56 Å². The van der Waals surface area contributed by atoms with Crippen LogP contribution in [0.1, 0.15) is 19.4 Å². The Bertz CT molecular complexity index is 390. The van der Waals surface area contributed by atoms with Crippen molar-refractivity contribution in [2.45, 2.75) is 24.2 Å². The summed E-state index contributed by atoms with van der Waals surface area (Å²) in [4.78, 5) is 0.350. The second-order valence-electron chi connectivity index (χ2n) is 3.51. The molecule has 0 saturated carbocycles. The maximum atomic E-state index is 10.7. The Hall–Kier alpha value is -1.18. The van der Waals surface area contributed by atoms with Gasteiger partial charge in [0, 0.05) is 0 Å². The summed E-state index contributed by atoms with van der Waals surface area (Å²) < 4.78 is 19.5. The lowest BCUT2D eigenvalue weighted by molar-refractivity contribution is 0.564. The Labute approximate surface area is 85.7 Å². The van der Waals surface area contributed by atoms with Crippen LogP contribution < -0.4 is 0 Å². The van der Waals surface area contributed by atoms with E-state index in [0.29, 0.717) is 4.90 Å². The third kappa shape index (κ3) is 2.19. The minimum Gasteiger partial charge on any atom is -0.302 e. The van der Waals surface area contributed by atoms with E-state index in [-0.39, 0.29) is 0 Å². The SMILES string of the molecule is CC(C)(C#N)c1ccc(S(=O)O)cc1. The molecule has 0 bridgehead atoms. The van der Waals surface area contributed by atoms with Gasteiger partial charge in [0.1, 0.15) is 0 Å². The van der Waals surface area contributed by atoms with Gasteiger partial charge in [0.05, 0.1) is 16.4 Å². The van der Waals surface area contributed by atoms with Gasteiger partial charge in [-0.25, -0.2) is 4.21 Å². The number of rotatable bonds is 2. The highest BCUT2D eigenvalue weighted by Crippen LogP contribution is 2.22. The Morgan fingerprint density at radius 2 is 1.86 bits per heavy atom. The molecule has 0 aliphatic heterocycles. The maximum absolute atomic E-state index is 10.7.